The van der Waals surface area contributed by atoms with Crippen LogP contribution in [0.5, 0.6) is 0 Å². The molecule has 1 aliphatic rings. The zero-order valence-corrected chi connectivity index (χ0v) is 12.7. The second kappa shape index (κ2) is 8.79. The van der Waals surface area contributed by atoms with Crippen molar-refractivity contribution in [2.75, 3.05) is 6.54 Å². The number of hydrogen-bond donors (Lipinski definition) is 0. The third kappa shape index (κ3) is 11.8. The minimum Gasteiger partial charge on any atom is -0.702 e. The fourth-order valence-corrected chi connectivity index (χ4v) is 0.930. The van der Waals surface area contributed by atoms with Gasteiger partial charge in [-0.2, -0.15) is 5.70 Å². The van der Waals surface area contributed by atoms with E-state index in [-0.39, 0.29) is 17.1 Å². The molecule has 96 valence electrons. The van der Waals surface area contributed by atoms with E-state index in [1.165, 1.54) is 6.42 Å². The van der Waals surface area contributed by atoms with E-state index in [1.807, 2.05) is 6.08 Å². The van der Waals surface area contributed by atoms with Gasteiger partial charge in [0.1, 0.15) is 0 Å². The van der Waals surface area contributed by atoms with Gasteiger partial charge in [0, 0.05) is 12.3 Å². The molecule has 1 N–H and O–H groups in total. The van der Waals surface area contributed by atoms with Crippen molar-refractivity contribution in [1.29, 1.82) is 0 Å². The SMILES string of the molecule is C/C([NH-])=C/C1=NCCC1.C=C[Si](C)(C)C.[Cu+]. The van der Waals surface area contributed by atoms with Crippen LogP contribution in [0.1, 0.15) is 19.8 Å². The van der Waals surface area contributed by atoms with Crippen molar-refractivity contribution in [3.8, 4) is 0 Å². The summed E-state index contributed by atoms with van der Waals surface area (Å²) in [5, 5.41) is 0. The number of allylic oxidation sites excluding steroid dienone is 2. The number of hydrogen-bond acceptors (Lipinski definition) is 1. The van der Waals surface area contributed by atoms with Crippen molar-refractivity contribution < 1.29 is 17.1 Å². The molecule has 2 nitrogen and oxygen atoms in total. The van der Waals surface area contributed by atoms with E-state index >= 15 is 0 Å². The molecule has 0 aromatic carbocycles. The van der Waals surface area contributed by atoms with Gasteiger partial charge >= 0.3 is 17.1 Å². The molecule has 0 atom stereocenters. The molecule has 0 aromatic rings. The van der Waals surface area contributed by atoms with Crippen LogP contribution < -0.4 is 0 Å². The summed E-state index contributed by atoms with van der Waals surface area (Å²) >= 11 is 0. The van der Waals surface area contributed by atoms with Crippen molar-refractivity contribution in [1.82, 2.24) is 0 Å². The molecule has 0 amide bonds. The van der Waals surface area contributed by atoms with E-state index < -0.39 is 8.07 Å². The van der Waals surface area contributed by atoms with Crippen LogP contribution in [-0.4, -0.2) is 20.3 Å². The first-order chi connectivity index (χ1) is 6.85. The molecule has 1 aliphatic heterocycles. The smallest absolute Gasteiger partial charge is 0.702 e. The van der Waals surface area contributed by atoms with Gasteiger partial charge in [0.15, 0.2) is 0 Å². The van der Waals surface area contributed by atoms with E-state index in [2.05, 4.69) is 36.9 Å². The number of nitrogens with one attached hydrogen (secondary N) is 1. The van der Waals surface area contributed by atoms with Gasteiger partial charge in [0.25, 0.3) is 0 Å². The summed E-state index contributed by atoms with van der Waals surface area (Å²) < 4.78 is 0. The Morgan fingerprint density at radius 1 is 1.44 bits per heavy atom. The average Bonchev–Trinajstić information content (AvgIpc) is 2.55. The molecule has 0 bridgehead atoms. The van der Waals surface area contributed by atoms with Crippen molar-refractivity contribution in [3.63, 3.8) is 0 Å². The zero-order chi connectivity index (χ0) is 11.9. The van der Waals surface area contributed by atoms with Gasteiger partial charge in [-0.3, -0.25) is 4.99 Å². The summed E-state index contributed by atoms with van der Waals surface area (Å²) in [5.41, 5.74) is 10.9. The number of nitrogens with zero attached hydrogens (tertiary/aromatic N) is 1. The first-order valence-electron chi connectivity index (χ1n) is 5.42. The second-order valence-electron chi connectivity index (χ2n) is 4.87. The van der Waals surface area contributed by atoms with Crippen molar-refractivity contribution in [2.24, 2.45) is 4.99 Å². The van der Waals surface area contributed by atoms with Gasteiger partial charge in [-0.1, -0.05) is 32.6 Å². The van der Waals surface area contributed by atoms with Gasteiger partial charge in [0.05, 0.1) is 8.07 Å². The second-order valence-corrected chi connectivity index (χ2v) is 10.0. The largest absolute Gasteiger partial charge is 1.00 e. The van der Waals surface area contributed by atoms with Crippen LogP contribution in [0.3, 0.4) is 0 Å². The Morgan fingerprint density at radius 2 is 1.94 bits per heavy atom. The molecular weight excluding hydrogens is 264 g/mol. The van der Waals surface area contributed by atoms with E-state index in [1.54, 1.807) is 6.92 Å². The van der Waals surface area contributed by atoms with Crippen LogP contribution in [0.2, 0.25) is 19.6 Å². The standard InChI is InChI=1S/C7H11N2.C5H12Si.Cu/c1-6(8)5-7-3-2-4-9-7;1-5-6(2,3)4;/h5,8H,2-4H2,1H3;5H,1H2,2-4H3;/q-1;;+1/b6-5-;;. The predicted molar refractivity (Wildman–Crippen MR) is 73.2 cm³/mol. The van der Waals surface area contributed by atoms with E-state index in [4.69, 9.17) is 5.73 Å². The Bertz CT molecular complexity index is 261. The first-order valence-corrected chi connectivity index (χ1v) is 9.00. The summed E-state index contributed by atoms with van der Waals surface area (Å²) in [4.78, 5) is 4.20. The topological polar surface area (TPSA) is 36.2 Å². The normalized spacial score (nSPS) is 15.5. The maximum Gasteiger partial charge on any atom is 1.00 e. The summed E-state index contributed by atoms with van der Waals surface area (Å²) in [6.07, 6.45) is 4.07. The molecule has 4 heteroatoms. The maximum atomic E-state index is 7.12. The maximum absolute atomic E-state index is 7.12. The van der Waals surface area contributed by atoms with Gasteiger partial charge in [-0.05, 0) is 12.8 Å². The van der Waals surface area contributed by atoms with Gasteiger partial charge in [0.2, 0.25) is 0 Å². The molecule has 0 aliphatic carbocycles. The molecule has 0 spiro atoms. The fourth-order valence-electron chi connectivity index (χ4n) is 0.930. The quantitative estimate of drug-likeness (QED) is 0.682. The third-order valence-electron chi connectivity index (χ3n) is 1.90. The van der Waals surface area contributed by atoms with E-state index in [0.717, 1.165) is 18.7 Å². The Kier molecular flexibility index (Phi) is 9.93. The van der Waals surface area contributed by atoms with Crippen LogP contribution in [0.25, 0.3) is 5.73 Å². The number of aliphatic imine (C=N–C) groups is 1. The molecule has 1 rings (SSSR count). The molecule has 0 aromatic heterocycles. The molecule has 16 heavy (non-hydrogen) atoms. The molecular formula is C12H23CuN2Si. The van der Waals surface area contributed by atoms with Crippen LogP contribution >= 0.6 is 0 Å². The zero-order valence-electron chi connectivity index (χ0n) is 10.7. The predicted octanol–water partition coefficient (Wildman–Crippen LogP) is 4.22. The Balaban J connectivity index is 0. The van der Waals surface area contributed by atoms with Gasteiger partial charge in [-0.15, -0.1) is 12.3 Å². The van der Waals surface area contributed by atoms with Crippen LogP contribution in [0.15, 0.2) is 29.0 Å². The summed E-state index contributed by atoms with van der Waals surface area (Å²) in [6.45, 7) is 13.2. The van der Waals surface area contributed by atoms with Crippen LogP contribution in [-0.2, 0) is 17.1 Å². The van der Waals surface area contributed by atoms with Crippen LogP contribution in [0.4, 0.5) is 0 Å². The number of rotatable bonds is 2. The van der Waals surface area contributed by atoms with Gasteiger partial charge < -0.3 is 5.73 Å². The molecule has 0 saturated heterocycles. The summed E-state index contributed by atoms with van der Waals surface area (Å²) in [7, 11) is -0.867. The fraction of sp³-hybridized carbons (Fsp3) is 0.583. The van der Waals surface area contributed by atoms with Crippen LogP contribution in [0, 0.1) is 0 Å². The Hall–Kier alpha value is -0.314. The van der Waals surface area contributed by atoms with E-state index in [9.17, 15) is 0 Å². The van der Waals surface area contributed by atoms with Crippen molar-refractivity contribution in [2.45, 2.75) is 39.4 Å². The average molecular weight is 287 g/mol. The summed E-state index contributed by atoms with van der Waals surface area (Å²) in [5.74, 6) is 0. The molecule has 0 fully saturated rings. The molecule has 1 heterocycles. The van der Waals surface area contributed by atoms with Crippen molar-refractivity contribution in [3.05, 3.63) is 29.8 Å². The minimum absolute atomic E-state index is 0. The monoisotopic (exact) mass is 286 g/mol. The first kappa shape index (κ1) is 18.1. The molecule has 0 radical (unpaired) electrons. The Labute approximate surface area is 112 Å². The molecule has 0 unspecified atom stereocenters. The minimum atomic E-state index is -0.867. The van der Waals surface area contributed by atoms with Crippen molar-refractivity contribution >= 4 is 13.8 Å². The van der Waals surface area contributed by atoms with Gasteiger partial charge in [-0.25, -0.2) is 0 Å². The Morgan fingerprint density at radius 3 is 2.19 bits per heavy atom. The third-order valence-corrected chi connectivity index (χ3v) is 3.13. The van der Waals surface area contributed by atoms with E-state index in [0.29, 0.717) is 5.70 Å². The molecule has 0 saturated carbocycles. The summed E-state index contributed by atoms with van der Waals surface area (Å²) in [6, 6.07) is 0.